The number of anilines is 1. The van der Waals surface area contributed by atoms with Crippen molar-refractivity contribution in [1.82, 2.24) is 19.8 Å². The van der Waals surface area contributed by atoms with Gasteiger partial charge in [0.1, 0.15) is 6.10 Å². The van der Waals surface area contributed by atoms with Crippen LogP contribution < -0.4 is 9.64 Å². The van der Waals surface area contributed by atoms with Gasteiger partial charge in [-0.05, 0) is 12.8 Å². The maximum absolute atomic E-state index is 12.7. The van der Waals surface area contributed by atoms with E-state index >= 15 is 0 Å². The van der Waals surface area contributed by atoms with Gasteiger partial charge < -0.3 is 19.4 Å². The summed E-state index contributed by atoms with van der Waals surface area (Å²) in [6.45, 7) is 1.75. The van der Waals surface area contributed by atoms with Gasteiger partial charge in [-0.1, -0.05) is 0 Å². The zero-order valence-corrected chi connectivity index (χ0v) is 15.0. The molecule has 2 amide bonds. The zero-order valence-electron chi connectivity index (χ0n) is 15.0. The van der Waals surface area contributed by atoms with Crippen LogP contribution in [0.5, 0.6) is 5.88 Å². The van der Waals surface area contributed by atoms with Crippen molar-refractivity contribution in [1.29, 1.82) is 0 Å². The molecule has 1 aromatic heterocycles. The third-order valence-corrected chi connectivity index (χ3v) is 4.73. The predicted octanol–water partition coefficient (Wildman–Crippen LogP) is 0.391. The smallest absolute Gasteiger partial charge is 0.257 e. The first-order chi connectivity index (χ1) is 12.0. The number of aromatic nitrogens is 2. The normalized spacial score (nSPS) is 23.7. The summed E-state index contributed by atoms with van der Waals surface area (Å²) in [6, 6.07) is 0. The Bertz CT molecular complexity index is 651. The maximum atomic E-state index is 12.7. The molecule has 0 spiro atoms. The van der Waals surface area contributed by atoms with Crippen molar-refractivity contribution in [3.05, 3.63) is 12.4 Å². The standard InChI is InChI=1S/C17H25N5O3/c1-20(2)15-16(19-7-6-18-15)25-13-5-4-8-22(11-13)17(24)12-9-14(23)21(3)10-12/h6-7,12-13H,4-5,8-11H2,1-3H3/t12-,13-/m0/s1. The molecular formula is C17H25N5O3. The van der Waals surface area contributed by atoms with Crippen molar-refractivity contribution in [2.75, 3.05) is 45.7 Å². The number of hydrogen-bond acceptors (Lipinski definition) is 6. The average molecular weight is 347 g/mol. The van der Waals surface area contributed by atoms with Gasteiger partial charge in [-0.3, -0.25) is 9.59 Å². The second-order valence-corrected chi connectivity index (χ2v) is 6.92. The number of ether oxygens (including phenoxy) is 1. The Morgan fingerprint density at radius 1 is 1.28 bits per heavy atom. The van der Waals surface area contributed by atoms with Crippen molar-refractivity contribution < 1.29 is 14.3 Å². The Morgan fingerprint density at radius 3 is 2.72 bits per heavy atom. The van der Waals surface area contributed by atoms with Crippen LogP contribution in [0.3, 0.4) is 0 Å². The lowest BCUT2D eigenvalue weighted by molar-refractivity contribution is -0.138. The minimum atomic E-state index is -0.231. The molecule has 8 heteroatoms. The van der Waals surface area contributed by atoms with E-state index in [0.29, 0.717) is 37.8 Å². The summed E-state index contributed by atoms with van der Waals surface area (Å²) in [5.41, 5.74) is 0. The molecule has 2 aliphatic heterocycles. The highest BCUT2D eigenvalue weighted by molar-refractivity contribution is 5.89. The predicted molar refractivity (Wildman–Crippen MR) is 92.3 cm³/mol. The molecule has 3 heterocycles. The molecule has 3 rings (SSSR count). The van der Waals surface area contributed by atoms with Crippen LogP contribution in [0.4, 0.5) is 5.82 Å². The maximum Gasteiger partial charge on any atom is 0.257 e. The fourth-order valence-corrected chi connectivity index (χ4v) is 3.39. The van der Waals surface area contributed by atoms with Gasteiger partial charge in [-0.25, -0.2) is 9.97 Å². The highest BCUT2D eigenvalue weighted by Gasteiger charge is 2.36. The van der Waals surface area contributed by atoms with Crippen molar-refractivity contribution in [3.63, 3.8) is 0 Å². The first-order valence-corrected chi connectivity index (χ1v) is 8.63. The van der Waals surface area contributed by atoms with Crippen LogP contribution in [0.25, 0.3) is 0 Å². The Balaban J connectivity index is 1.64. The Hall–Kier alpha value is -2.38. The van der Waals surface area contributed by atoms with E-state index in [4.69, 9.17) is 4.74 Å². The highest BCUT2D eigenvalue weighted by atomic mass is 16.5. The van der Waals surface area contributed by atoms with E-state index in [1.807, 2.05) is 23.9 Å². The number of rotatable bonds is 4. The summed E-state index contributed by atoms with van der Waals surface area (Å²) >= 11 is 0. The molecular weight excluding hydrogens is 322 g/mol. The SMILES string of the molecule is CN1C[C@@H](C(=O)N2CCC[C@H](Oc3nccnc3N(C)C)C2)CC1=O. The molecule has 1 aromatic rings. The Labute approximate surface area is 147 Å². The number of carbonyl (C=O) groups excluding carboxylic acids is 2. The molecule has 8 nitrogen and oxygen atoms in total. The van der Waals surface area contributed by atoms with Crippen molar-refractivity contribution in [2.24, 2.45) is 5.92 Å². The third-order valence-electron chi connectivity index (χ3n) is 4.73. The van der Waals surface area contributed by atoms with Gasteiger partial charge in [0.2, 0.25) is 11.8 Å². The summed E-state index contributed by atoms with van der Waals surface area (Å²) in [4.78, 5) is 38.3. The van der Waals surface area contributed by atoms with Crippen LogP contribution >= 0.6 is 0 Å². The van der Waals surface area contributed by atoms with Gasteiger partial charge in [0.15, 0.2) is 5.82 Å². The summed E-state index contributed by atoms with van der Waals surface area (Å²) in [6.07, 6.45) is 5.19. The second kappa shape index (κ2) is 7.25. The van der Waals surface area contributed by atoms with Gasteiger partial charge >= 0.3 is 0 Å². The monoisotopic (exact) mass is 347 g/mol. The van der Waals surface area contributed by atoms with E-state index in [-0.39, 0.29) is 23.8 Å². The molecule has 2 aliphatic rings. The lowest BCUT2D eigenvalue weighted by Gasteiger charge is -2.34. The van der Waals surface area contributed by atoms with Crippen LogP contribution in [0.2, 0.25) is 0 Å². The van der Waals surface area contributed by atoms with Gasteiger partial charge in [-0.15, -0.1) is 0 Å². The number of piperidine rings is 1. The lowest BCUT2D eigenvalue weighted by atomic mass is 10.0. The quantitative estimate of drug-likeness (QED) is 0.784. The van der Waals surface area contributed by atoms with Crippen LogP contribution in [-0.2, 0) is 9.59 Å². The lowest BCUT2D eigenvalue weighted by Crippen LogP contribution is -2.47. The largest absolute Gasteiger partial charge is 0.470 e. The van der Waals surface area contributed by atoms with Crippen LogP contribution in [0, 0.1) is 5.92 Å². The molecule has 0 aromatic carbocycles. The number of nitrogens with zero attached hydrogens (tertiary/aromatic N) is 5. The first-order valence-electron chi connectivity index (χ1n) is 8.63. The molecule has 25 heavy (non-hydrogen) atoms. The fourth-order valence-electron chi connectivity index (χ4n) is 3.39. The minimum absolute atomic E-state index is 0.0401. The van der Waals surface area contributed by atoms with Crippen molar-refractivity contribution in [3.8, 4) is 5.88 Å². The number of amides is 2. The minimum Gasteiger partial charge on any atom is -0.470 e. The summed E-state index contributed by atoms with van der Waals surface area (Å²) in [5.74, 6) is 1.03. The molecule has 0 radical (unpaired) electrons. The van der Waals surface area contributed by atoms with E-state index in [0.717, 1.165) is 12.8 Å². The molecule has 0 bridgehead atoms. The van der Waals surface area contributed by atoms with E-state index in [2.05, 4.69) is 9.97 Å². The van der Waals surface area contributed by atoms with E-state index in [9.17, 15) is 9.59 Å². The van der Waals surface area contributed by atoms with Crippen molar-refractivity contribution >= 4 is 17.6 Å². The van der Waals surface area contributed by atoms with Crippen molar-refractivity contribution in [2.45, 2.75) is 25.4 Å². The zero-order chi connectivity index (χ0) is 18.0. The van der Waals surface area contributed by atoms with Crippen LogP contribution in [0.1, 0.15) is 19.3 Å². The summed E-state index contributed by atoms with van der Waals surface area (Å²) in [7, 11) is 5.52. The number of likely N-dealkylation sites (tertiary alicyclic amines) is 2. The van der Waals surface area contributed by atoms with Gasteiger partial charge in [0, 0.05) is 53.0 Å². The second-order valence-electron chi connectivity index (χ2n) is 6.92. The fraction of sp³-hybridized carbons (Fsp3) is 0.647. The molecule has 0 unspecified atom stereocenters. The van der Waals surface area contributed by atoms with Crippen LogP contribution in [0.15, 0.2) is 12.4 Å². The molecule has 0 aliphatic carbocycles. The van der Waals surface area contributed by atoms with E-state index in [1.54, 1.807) is 24.3 Å². The number of carbonyl (C=O) groups is 2. The molecule has 2 fully saturated rings. The molecule has 2 saturated heterocycles. The third kappa shape index (κ3) is 3.83. The first kappa shape index (κ1) is 17.4. The summed E-state index contributed by atoms with van der Waals surface area (Å²) in [5, 5.41) is 0. The topological polar surface area (TPSA) is 78.9 Å². The van der Waals surface area contributed by atoms with Gasteiger partial charge in [0.05, 0.1) is 12.5 Å². The molecule has 0 saturated carbocycles. The Kier molecular flexibility index (Phi) is 5.06. The summed E-state index contributed by atoms with van der Waals surface area (Å²) < 4.78 is 6.05. The Morgan fingerprint density at radius 2 is 2.04 bits per heavy atom. The molecule has 2 atom stereocenters. The van der Waals surface area contributed by atoms with E-state index in [1.165, 1.54) is 0 Å². The number of hydrogen-bond donors (Lipinski definition) is 0. The average Bonchev–Trinajstić information content (AvgIpc) is 2.94. The molecule has 0 N–H and O–H groups in total. The van der Waals surface area contributed by atoms with E-state index < -0.39 is 0 Å². The van der Waals surface area contributed by atoms with Gasteiger partial charge in [-0.2, -0.15) is 0 Å². The van der Waals surface area contributed by atoms with Crippen LogP contribution in [-0.4, -0.2) is 78.5 Å². The molecule has 136 valence electrons. The van der Waals surface area contributed by atoms with Gasteiger partial charge in [0.25, 0.3) is 5.88 Å². The highest BCUT2D eigenvalue weighted by Crippen LogP contribution is 2.26.